The van der Waals surface area contributed by atoms with Crippen molar-refractivity contribution in [3.05, 3.63) is 35.9 Å². The topological polar surface area (TPSA) is 26.3 Å². The van der Waals surface area contributed by atoms with Crippen LogP contribution in [0.1, 0.15) is 38.4 Å². The standard InChI is InChI=1S/C15H24O2Si/c1-5-6-12-18(3,4)17-15(13(2)16)14-10-8-7-9-11-14/h7-11,15H,5-6,12H2,1-4H3. The van der Waals surface area contributed by atoms with Crippen LogP contribution in [0.4, 0.5) is 0 Å². The first-order chi connectivity index (χ1) is 8.46. The van der Waals surface area contributed by atoms with E-state index < -0.39 is 8.32 Å². The molecule has 0 aliphatic rings. The quantitative estimate of drug-likeness (QED) is 0.685. The third-order valence-electron chi connectivity index (χ3n) is 3.04. The SMILES string of the molecule is CCCC[Si](C)(C)OC(C(C)=O)c1ccccc1. The van der Waals surface area contributed by atoms with Gasteiger partial charge in [-0.05, 0) is 31.6 Å². The van der Waals surface area contributed by atoms with Crippen molar-refractivity contribution in [1.29, 1.82) is 0 Å². The maximum Gasteiger partial charge on any atom is 0.188 e. The number of hydrogen-bond donors (Lipinski definition) is 0. The lowest BCUT2D eigenvalue weighted by molar-refractivity contribution is -0.124. The van der Waals surface area contributed by atoms with Crippen LogP contribution in [-0.2, 0) is 9.22 Å². The summed E-state index contributed by atoms with van der Waals surface area (Å²) < 4.78 is 6.18. The molecule has 3 heteroatoms. The number of hydrogen-bond acceptors (Lipinski definition) is 2. The maximum absolute atomic E-state index is 11.8. The fourth-order valence-electron chi connectivity index (χ4n) is 1.99. The molecule has 18 heavy (non-hydrogen) atoms. The van der Waals surface area contributed by atoms with Crippen LogP contribution in [0.15, 0.2) is 30.3 Å². The van der Waals surface area contributed by atoms with Gasteiger partial charge in [-0.3, -0.25) is 4.79 Å². The van der Waals surface area contributed by atoms with Gasteiger partial charge < -0.3 is 4.43 Å². The largest absolute Gasteiger partial charge is 0.403 e. The molecule has 0 aliphatic carbocycles. The molecule has 0 heterocycles. The van der Waals surface area contributed by atoms with Crippen molar-refractivity contribution in [3.8, 4) is 0 Å². The van der Waals surface area contributed by atoms with E-state index in [1.165, 1.54) is 12.8 Å². The molecule has 0 radical (unpaired) electrons. The molecule has 0 spiro atoms. The van der Waals surface area contributed by atoms with E-state index in [0.717, 1.165) is 11.6 Å². The Bertz CT molecular complexity index is 373. The van der Waals surface area contributed by atoms with E-state index >= 15 is 0 Å². The summed E-state index contributed by atoms with van der Waals surface area (Å²) in [4.78, 5) is 11.8. The monoisotopic (exact) mass is 264 g/mol. The average molecular weight is 264 g/mol. The first-order valence-corrected chi connectivity index (χ1v) is 9.81. The summed E-state index contributed by atoms with van der Waals surface area (Å²) in [5.74, 6) is 0.0956. The van der Waals surface area contributed by atoms with Crippen LogP contribution < -0.4 is 0 Å². The van der Waals surface area contributed by atoms with Crippen molar-refractivity contribution >= 4 is 14.1 Å². The van der Waals surface area contributed by atoms with Gasteiger partial charge in [-0.25, -0.2) is 0 Å². The Labute approximate surface area is 111 Å². The molecule has 0 fully saturated rings. The summed E-state index contributed by atoms with van der Waals surface area (Å²) in [6.07, 6.45) is 1.97. The van der Waals surface area contributed by atoms with Gasteiger partial charge in [-0.1, -0.05) is 50.1 Å². The van der Waals surface area contributed by atoms with Crippen LogP contribution in [0.25, 0.3) is 0 Å². The molecule has 0 saturated heterocycles. The Hall–Kier alpha value is -0.933. The van der Waals surface area contributed by atoms with Crippen molar-refractivity contribution in [2.24, 2.45) is 0 Å². The Morgan fingerprint density at radius 3 is 2.39 bits per heavy atom. The molecule has 1 aromatic carbocycles. The van der Waals surface area contributed by atoms with Crippen molar-refractivity contribution in [3.63, 3.8) is 0 Å². The Morgan fingerprint density at radius 2 is 1.89 bits per heavy atom. The number of ketones is 1. The summed E-state index contributed by atoms with van der Waals surface area (Å²) in [5.41, 5.74) is 0.974. The van der Waals surface area contributed by atoms with Crippen LogP contribution in [0, 0.1) is 0 Å². The zero-order chi connectivity index (χ0) is 13.6. The minimum Gasteiger partial charge on any atom is -0.403 e. The zero-order valence-corrected chi connectivity index (χ0v) is 12.9. The van der Waals surface area contributed by atoms with E-state index in [-0.39, 0.29) is 11.9 Å². The van der Waals surface area contributed by atoms with E-state index in [9.17, 15) is 4.79 Å². The predicted octanol–water partition coefficient (Wildman–Crippen LogP) is 4.34. The minimum absolute atomic E-state index is 0.0956. The molecule has 0 bridgehead atoms. The van der Waals surface area contributed by atoms with Crippen molar-refractivity contribution < 1.29 is 9.22 Å². The van der Waals surface area contributed by atoms with Gasteiger partial charge in [0, 0.05) is 0 Å². The third-order valence-corrected chi connectivity index (χ3v) is 5.47. The molecule has 1 rings (SSSR count). The Morgan fingerprint density at radius 1 is 1.28 bits per heavy atom. The van der Waals surface area contributed by atoms with Gasteiger partial charge in [-0.15, -0.1) is 0 Å². The summed E-state index contributed by atoms with van der Waals surface area (Å²) >= 11 is 0. The van der Waals surface area contributed by atoms with Crippen LogP contribution in [-0.4, -0.2) is 14.1 Å². The van der Waals surface area contributed by atoms with Gasteiger partial charge in [0.05, 0.1) is 0 Å². The predicted molar refractivity (Wildman–Crippen MR) is 78.1 cm³/mol. The fraction of sp³-hybridized carbons (Fsp3) is 0.533. The molecule has 1 unspecified atom stereocenters. The second-order valence-corrected chi connectivity index (χ2v) is 9.64. The van der Waals surface area contributed by atoms with Crippen molar-refractivity contribution in [2.75, 3.05) is 0 Å². The minimum atomic E-state index is -1.75. The molecule has 0 aromatic heterocycles. The number of benzene rings is 1. The maximum atomic E-state index is 11.8. The summed E-state index contributed by atoms with van der Waals surface area (Å²) in [6.45, 7) is 8.19. The van der Waals surface area contributed by atoms with Gasteiger partial charge in [0.25, 0.3) is 0 Å². The van der Waals surface area contributed by atoms with Crippen LogP contribution in [0.5, 0.6) is 0 Å². The molecule has 1 atom stereocenters. The lowest BCUT2D eigenvalue weighted by Gasteiger charge is -2.28. The highest BCUT2D eigenvalue weighted by molar-refractivity contribution is 6.71. The third kappa shape index (κ3) is 4.74. The average Bonchev–Trinajstić information content (AvgIpc) is 2.34. The molecular formula is C15H24O2Si. The van der Waals surface area contributed by atoms with Gasteiger partial charge >= 0.3 is 0 Å². The Balaban J connectivity index is 2.79. The number of rotatable bonds is 7. The number of carbonyl (C=O) groups is 1. The van der Waals surface area contributed by atoms with Crippen LogP contribution in [0.3, 0.4) is 0 Å². The summed E-state index contributed by atoms with van der Waals surface area (Å²) in [6, 6.07) is 10.9. The first kappa shape index (κ1) is 15.1. The van der Waals surface area contributed by atoms with Crippen molar-refractivity contribution in [2.45, 2.75) is 51.9 Å². The highest BCUT2D eigenvalue weighted by Gasteiger charge is 2.29. The molecule has 1 aromatic rings. The summed E-state index contributed by atoms with van der Waals surface area (Å²) in [5, 5.41) is 0. The first-order valence-electron chi connectivity index (χ1n) is 6.69. The molecule has 0 saturated carbocycles. The Kier molecular flexibility index (Phi) is 5.76. The van der Waals surface area contributed by atoms with E-state index in [4.69, 9.17) is 4.43 Å². The summed E-state index contributed by atoms with van der Waals surface area (Å²) in [7, 11) is -1.75. The fourth-order valence-corrected chi connectivity index (χ4v) is 4.26. The second kappa shape index (κ2) is 6.85. The highest BCUT2D eigenvalue weighted by atomic mass is 28.4. The normalized spacial score (nSPS) is 13.3. The number of Topliss-reactive ketones (excluding diaryl/α,β-unsaturated/α-hetero) is 1. The van der Waals surface area contributed by atoms with E-state index in [2.05, 4.69) is 20.0 Å². The van der Waals surface area contributed by atoms with Gasteiger partial charge in [-0.2, -0.15) is 0 Å². The molecule has 0 N–H and O–H groups in total. The molecular weight excluding hydrogens is 240 g/mol. The second-order valence-electron chi connectivity index (χ2n) is 5.38. The van der Waals surface area contributed by atoms with Crippen LogP contribution in [0.2, 0.25) is 19.1 Å². The van der Waals surface area contributed by atoms with Crippen molar-refractivity contribution in [1.82, 2.24) is 0 Å². The molecule has 2 nitrogen and oxygen atoms in total. The van der Waals surface area contributed by atoms with Crippen LogP contribution >= 0.6 is 0 Å². The van der Waals surface area contributed by atoms with E-state index in [1.807, 2.05) is 30.3 Å². The lowest BCUT2D eigenvalue weighted by Crippen LogP contribution is -2.34. The molecule has 100 valence electrons. The highest BCUT2D eigenvalue weighted by Crippen LogP contribution is 2.26. The zero-order valence-electron chi connectivity index (χ0n) is 11.9. The number of unbranched alkanes of at least 4 members (excludes halogenated alkanes) is 1. The van der Waals surface area contributed by atoms with Gasteiger partial charge in [0.1, 0.15) is 6.10 Å². The van der Waals surface area contributed by atoms with Gasteiger partial charge in [0.15, 0.2) is 14.1 Å². The smallest absolute Gasteiger partial charge is 0.188 e. The van der Waals surface area contributed by atoms with E-state index in [0.29, 0.717) is 0 Å². The lowest BCUT2D eigenvalue weighted by atomic mass is 10.1. The van der Waals surface area contributed by atoms with Gasteiger partial charge in [0.2, 0.25) is 0 Å². The van der Waals surface area contributed by atoms with E-state index in [1.54, 1.807) is 6.92 Å². The molecule has 0 aliphatic heterocycles. The molecule has 0 amide bonds. The number of carbonyl (C=O) groups excluding carboxylic acids is 1.